The van der Waals surface area contributed by atoms with E-state index in [4.69, 9.17) is 0 Å². The fourth-order valence-electron chi connectivity index (χ4n) is 1.55. The first kappa shape index (κ1) is 8.75. The Morgan fingerprint density at radius 3 is 3.00 bits per heavy atom. The van der Waals surface area contributed by atoms with Crippen LogP contribution < -0.4 is 10.6 Å². The van der Waals surface area contributed by atoms with Gasteiger partial charge in [-0.3, -0.25) is 0 Å². The third kappa shape index (κ3) is 2.64. The molecule has 1 aliphatic heterocycles. The van der Waals surface area contributed by atoms with Gasteiger partial charge >= 0.3 is 0 Å². The lowest BCUT2D eigenvalue weighted by Crippen LogP contribution is -2.37. The van der Waals surface area contributed by atoms with Crippen molar-refractivity contribution in [3.63, 3.8) is 0 Å². The van der Waals surface area contributed by atoms with Crippen LogP contribution in [0.15, 0.2) is 12.2 Å². The Morgan fingerprint density at radius 2 is 2.45 bits per heavy atom. The second-order valence-electron chi connectivity index (χ2n) is 3.19. The summed E-state index contributed by atoms with van der Waals surface area (Å²) in [5, 5.41) is 6.59. The molecule has 1 fully saturated rings. The van der Waals surface area contributed by atoms with Gasteiger partial charge in [-0.2, -0.15) is 0 Å². The molecule has 1 aliphatic rings. The second-order valence-corrected chi connectivity index (χ2v) is 3.19. The van der Waals surface area contributed by atoms with Crippen LogP contribution >= 0.6 is 0 Å². The van der Waals surface area contributed by atoms with Crippen LogP contribution in [0.25, 0.3) is 0 Å². The molecule has 0 aromatic heterocycles. The lowest BCUT2D eigenvalue weighted by atomic mass is 9.99. The number of likely N-dealkylation sites (N-methyl/N-ethyl adjacent to an activating group) is 1. The molecule has 0 saturated carbocycles. The first-order chi connectivity index (χ1) is 5.34. The fraction of sp³-hybridized carbons (Fsp3) is 0.778. The van der Waals surface area contributed by atoms with Gasteiger partial charge in [0.15, 0.2) is 0 Å². The highest BCUT2D eigenvalue weighted by Gasteiger charge is 2.14. The molecule has 0 aliphatic carbocycles. The van der Waals surface area contributed by atoms with Gasteiger partial charge in [-0.1, -0.05) is 13.0 Å². The molecule has 2 N–H and O–H groups in total. The van der Waals surface area contributed by atoms with Crippen LogP contribution in [-0.4, -0.2) is 26.2 Å². The van der Waals surface area contributed by atoms with Crippen LogP contribution in [0.5, 0.6) is 0 Å². The largest absolute Gasteiger partial charge is 0.316 e. The first-order valence-corrected chi connectivity index (χ1v) is 4.40. The van der Waals surface area contributed by atoms with E-state index in [0.29, 0.717) is 6.04 Å². The van der Waals surface area contributed by atoms with E-state index in [0.717, 1.165) is 13.1 Å². The topological polar surface area (TPSA) is 24.1 Å². The molecule has 0 amide bonds. The van der Waals surface area contributed by atoms with Gasteiger partial charge in [0, 0.05) is 12.6 Å². The van der Waals surface area contributed by atoms with Gasteiger partial charge in [-0.25, -0.2) is 0 Å². The van der Waals surface area contributed by atoms with E-state index in [2.05, 4.69) is 17.2 Å². The molecular formula is C9H18N2. The molecular weight excluding hydrogens is 136 g/mol. The molecule has 11 heavy (non-hydrogen) atoms. The van der Waals surface area contributed by atoms with Crippen molar-refractivity contribution in [2.75, 3.05) is 20.1 Å². The van der Waals surface area contributed by atoms with Gasteiger partial charge in [0.1, 0.15) is 0 Å². The van der Waals surface area contributed by atoms with Gasteiger partial charge in [0.2, 0.25) is 0 Å². The van der Waals surface area contributed by atoms with Gasteiger partial charge in [0.05, 0.1) is 0 Å². The summed E-state index contributed by atoms with van der Waals surface area (Å²) in [7, 11) is 1.97. The second kappa shape index (κ2) is 4.52. The molecule has 0 spiro atoms. The van der Waals surface area contributed by atoms with Crippen molar-refractivity contribution in [3.05, 3.63) is 12.2 Å². The molecule has 0 bridgehead atoms. The van der Waals surface area contributed by atoms with Gasteiger partial charge in [0.25, 0.3) is 0 Å². The molecule has 1 rings (SSSR count). The highest BCUT2D eigenvalue weighted by atomic mass is 14.9. The van der Waals surface area contributed by atoms with Crippen LogP contribution in [0, 0.1) is 0 Å². The number of hydrogen-bond donors (Lipinski definition) is 2. The molecule has 1 atom stereocenters. The van der Waals surface area contributed by atoms with Crippen molar-refractivity contribution in [1.29, 1.82) is 0 Å². The monoisotopic (exact) mass is 154 g/mol. The standard InChI is InChI=1S/C9H18N2/c1-8(7-10-2)9-5-3-4-6-11-9/h9-11H,1,3-7H2,2H3. The summed E-state index contributed by atoms with van der Waals surface area (Å²) in [6, 6.07) is 0.566. The Bertz CT molecular complexity index is 126. The zero-order valence-electron chi connectivity index (χ0n) is 7.32. The first-order valence-electron chi connectivity index (χ1n) is 4.40. The molecule has 2 heteroatoms. The smallest absolute Gasteiger partial charge is 0.0289 e. The summed E-state index contributed by atoms with van der Waals surface area (Å²) < 4.78 is 0. The van der Waals surface area contributed by atoms with Crippen LogP contribution in [-0.2, 0) is 0 Å². The maximum Gasteiger partial charge on any atom is 0.0289 e. The van der Waals surface area contributed by atoms with Crippen molar-refractivity contribution < 1.29 is 0 Å². The van der Waals surface area contributed by atoms with E-state index >= 15 is 0 Å². The van der Waals surface area contributed by atoms with E-state index in [1.807, 2.05) is 7.05 Å². The SMILES string of the molecule is C=C(CNC)C1CCCCN1. The molecule has 1 unspecified atom stereocenters. The van der Waals surface area contributed by atoms with E-state index < -0.39 is 0 Å². The van der Waals surface area contributed by atoms with Crippen LogP contribution in [0.4, 0.5) is 0 Å². The van der Waals surface area contributed by atoms with E-state index in [-0.39, 0.29) is 0 Å². The van der Waals surface area contributed by atoms with Crippen molar-refractivity contribution in [2.24, 2.45) is 0 Å². The Labute approximate surface area is 69.1 Å². The average molecular weight is 154 g/mol. The van der Waals surface area contributed by atoms with Crippen molar-refractivity contribution in [1.82, 2.24) is 10.6 Å². The summed E-state index contributed by atoms with van der Waals surface area (Å²) in [5.41, 5.74) is 1.30. The summed E-state index contributed by atoms with van der Waals surface area (Å²) in [5.74, 6) is 0. The van der Waals surface area contributed by atoms with Crippen LogP contribution in [0.1, 0.15) is 19.3 Å². The minimum Gasteiger partial charge on any atom is -0.316 e. The molecule has 64 valence electrons. The fourth-order valence-corrected chi connectivity index (χ4v) is 1.55. The molecule has 0 aromatic carbocycles. The van der Waals surface area contributed by atoms with Crippen molar-refractivity contribution in [3.8, 4) is 0 Å². The van der Waals surface area contributed by atoms with Crippen molar-refractivity contribution in [2.45, 2.75) is 25.3 Å². The number of piperidine rings is 1. The maximum atomic E-state index is 4.04. The van der Waals surface area contributed by atoms with Crippen molar-refractivity contribution >= 4 is 0 Å². The Hall–Kier alpha value is -0.340. The summed E-state index contributed by atoms with van der Waals surface area (Å²) in [6.07, 6.45) is 3.93. The highest BCUT2D eigenvalue weighted by Crippen LogP contribution is 2.12. The molecule has 0 aromatic rings. The minimum atomic E-state index is 0.566. The zero-order valence-corrected chi connectivity index (χ0v) is 7.32. The predicted octanol–water partition coefficient (Wildman–Crippen LogP) is 0.904. The van der Waals surface area contributed by atoms with E-state index in [1.165, 1.54) is 24.8 Å². The van der Waals surface area contributed by atoms with Crippen LogP contribution in [0.2, 0.25) is 0 Å². The summed E-state index contributed by atoms with van der Waals surface area (Å²) in [6.45, 7) is 6.15. The molecule has 1 heterocycles. The Kier molecular flexibility index (Phi) is 3.60. The molecule has 1 saturated heterocycles. The summed E-state index contributed by atoms with van der Waals surface area (Å²) in [4.78, 5) is 0. The minimum absolute atomic E-state index is 0.566. The number of rotatable bonds is 3. The summed E-state index contributed by atoms with van der Waals surface area (Å²) >= 11 is 0. The van der Waals surface area contributed by atoms with Gasteiger partial charge in [-0.05, 0) is 32.0 Å². The third-order valence-corrected chi connectivity index (χ3v) is 2.21. The predicted molar refractivity (Wildman–Crippen MR) is 48.7 cm³/mol. The van der Waals surface area contributed by atoms with E-state index in [9.17, 15) is 0 Å². The highest BCUT2D eigenvalue weighted by molar-refractivity contribution is 5.08. The Balaban J connectivity index is 2.27. The molecule has 2 nitrogen and oxygen atoms in total. The number of hydrogen-bond acceptors (Lipinski definition) is 2. The van der Waals surface area contributed by atoms with Gasteiger partial charge in [-0.15, -0.1) is 0 Å². The zero-order chi connectivity index (χ0) is 8.10. The maximum absolute atomic E-state index is 4.04. The van der Waals surface area contributed by atoms with Gasteiger partial charge < -0.3 is 10.6 Å². The number of nitrogens with one attached hydrogen (secondary N) is 2. The lowest BCUT2D eigenvalue weighted by Gasteiger charge is -2.25. The Morgan fingerprint density at radius 1 is 1.64 bits per heavy atom. The average Bonchev–Trinajstić information content (AvgIpc) is 2.07. The normalized spacial score (nSPS) is 25.0. The van der Waals surface area contributed by atoms with E-state index in [1.54, 1.807) is 0 Å². The quantitative estimate of drug-likeness (QED) is 0.590. The molecule has 0 radical (unpaired) electrons. The third-order valence-electron chi connectivity index (χ3n) is 2.21. The lowest BCUT2D eigenvalue weighted by molar-refractivity contribution is 0.434. The van der Waals surface area contributed by atoms with Crippen LogP contribution in [0.3, 0.4) is 0 Å².